The molecule has 1 heterocycles. The van der Waals surface area contributed by atoms with Crippen LogP contribution in [0.1, 0.15) is 22.6 Å². The molecule has 3 rings (SSSR count). The van der Waals surface area contributed by atoms with Gasteiger partial charge in [-0.2, -0.15) is 0 Å². The smallest absolute Gasteiger partial charge is 0.123 e. The Balaban J connectivity index is 1.74. The van der Waals surface area contributed by atoms with E-state index in [1.54, 1.807) is 0 Å². The fourth-order valence-electron chi connectivity index (χ4n) is 2.47. The second-order valence-corrected chi connectivity index (χ2v) is 5.64. The number of nitrogens with two attached hydrogens (primary N) is 1. The van der Waals surface area contributed by atoms with Crippen molar-refractivity contribution in [1.29, 1.82) is 0 Å². The maximum absolute atomic E-state index is 5.97. The SMILES string of the molecule is Cc1ccc(C(N)=S)cc1OCC1COc2ccccc21. The summed E-state index contributed by atoms with van der Waals surface area (Å²) in [6.45, 7) is 3.25. The first-order valence-corrected chi connectivity index (χ1v) is 7.31. The first kappa shape index (κ1) is 13.9. The molecule has 1 unspecified atom stereocenters. The summed E-state index contributed by atoms with van der Waals surface area (Å²) in [6.07, 6.45) is 0. The third-order valence-corrected chi connectivity index (χ3v) is 3.95. The highest BCUT2D eigenvalue weighted by Gasteiger charge is 2.24. The van der Waals surface area contributed by atoms with Gasteiger partial charge in [0.2, 0.25) is 0 Å². The molecule has 0 radical (unpaired) electrons. The lowest BCUT2D eigenvalue weighted by Crippen LogP contribution is -2.13. The van der Waals surface area contributed by atoms with Gasteiger partial charge in [-0.1, -0.05) is 42.5 Å². The molecule has 2 aromatic carbocycles. The second kappa shape index (κ2) is 5.74. The van der Waals surface area contributed by atoms with Gasteiger partial charge < -0.3 is 15.2 Å². The Morgan fingerprint density at radius 3 is 2.95 bits per heavy atom. The summed E-state index contributed by atoms with van der Waals surface area (Å²) in [6, 6.07) is 13.9. The zero-order chi connectivity index (χ0) is 14.8. The van der Waals surface area contributed by atoms with Gasteiger partial charge in [-0.15, -0.1) is 0 Å². The van der Waals surface area contributed by atoms with Crippen molar-refractivity contribution in [3.63, 3.8) is 0 Å². The van der Waals surface area contributed by atoms with E-state index in [2.05, 4.69) is 6.07 Å². The molecule has 21 heavy (non-hydrogen) atoms. The Morgan fingerprint density at radius 1 is 1.33 bits per heavy atom. The number of fused-ring (bicyclic) bond motifs is 1. The van der Waals surface area contributed by atoms with Crippen LogP contribution in [0.3, 0.4) is 0 Å². The van der Waals surface area contributed by atoms with Gasteiger partial charge in [-0.25, -0.2) is 0 Å². The first-order chi connectivity index (χ1) is 10.1. The Labute approximate surface area is 129 Å². The van der Waals surface area contributed by atoms with Crippen LogP contribution in [0.5, 0.6) is 11.5 Å². The van der Waals surface area contributed by atoms with E-state index < -0.39 is 0 Å². The maximum atomic E-state index is 5.97. The lowest BCUT2D eigenvalue weighted by atomic mass is 10.0. The van der Waals surface area contributed by atoms with Crippen molar-refractivity contribution >= 4 is 17.2 Å². The Kier molecular flexibility index (Phi) is 3.80. The molecule has 1 atom stereocenters. The average molecular weight is 299 g/mol. The minimum absolute atomic E-state index is 0.258. The van der Waals surface area contributed by atoms with Crippen LogP contribution in [0.4, 0.5) is 0 Å². The van der Waals surface area contributed by atoms with Gasteiger partial charge >= 0.3 is 0 Å². The standard InChI is InChI=1S/C17H17NO2S/c1-11-6-7-12(17(18)21)8-16(11)20-10-13-9-19-15-5-3-2-4-14(13)15/h2-8,13H,9-10H2,1H3,(H2,18,21). The summed E-state index contributed by atoms with van der Waals surface area (Å²) in [5.74, 6) is 2.04. The Morgan fingerprint density at radius 2 is 2.14 bits per heavy atom. The van der Waals surface area contributed by atoms with Crippen molar-refractivity contribution in [2.75, 3.05) is 13.2 Å². The highest BCUT2D eigenvalue weighted by molar-refractivity contribution is 7.80. The topological polar surface area (TPSA) is 44.5 Å². The fourth-order valence-corrected chi connectivity index (χ4v) is 2.59. The molecule has 0 spiro atoms. The van der Waals surface area contributed by atoms with Crippen LogP contribution in [-0.4, -0.2) is 18.2 Å². The van der Waals surface area contributed by atoms with Gasteiger partial charge in [0.15, 0.2) is 0 Å². The molecule has 2 N–H and O–H groups in total. The molecule has 0 saturated carbocycles. The number of aryl methyl sites for hydroxylation is 1. The zero-order valence-corrected chi connectivity index (χ0v) is 12.7. The monoisotopic (exact) mass is 299 g/mol. The number of ether oxygens (including phenoxy) is 2. The fraction of sp³-hybridized carbons (Fsp3) is 0.235. The molecule has 0 aliphatic carbocycles. The van der Waals surface area contributed by atoms with Crippen LogP contribution in [0.15, 0.2) is 42.5 Å². The lowest BCUT2D eigenvalue weighted by molar-refractivity contribution is 0.247. The molecular weight excluding hydrogens is 282 g/mol. The van der Waals surface area contributed by atoms with Gasteiger partial charge in [0.25, 0.3) is 0 Å². The lowest BCUT2D eigenvalue weighted by Gasteiger charge is -2.14. The number of hydrogen-bond donors (Lipinski definition) is 1. The van der Waals surface area contributed by atoms with E-state index in [-0.39, 0.29) is 5.92 Å². The van der Waals surface area contributed by atoms with E-state index in [1.807, 2.05) is 43.3 Å². The number of thiocarbonyl (C=S) groups is 1. The van der Waals surface area contributed by atoms with Crippen LogP contribution in [0.2, 0.25) is 0 Å². The van der Waals surface area contributed by atoms with Crippen molar-refractivity contribution in [1.82, 2.24) is 0 Å². The van der Waals surface area contributed by atoms with E-state index in [0.717, 1.165) is 22.6 Å². The summed E-state index contributed by atoms with van der Waals surface area (Å²) in [4.78, 5) is 0.384. The molecule has 2 aromatic rings. The van der Waals surface area contributed by atoms with E-state index in [0.29, 0.717) is 18.2 Å². The number of hydrogen-bond acceptors (Lipinski definition) is 3. The van der Waals surface area contributed by atoms with Crippen LogP contribution in [0, 0.1) is 6.92 Å². The summed E-state index contributed by atoms with van der Waals surface area (Å²) >= 11 is 5.01. The molecule has 0 aromatic heterocycles. The van der Waals surface area contributed by atoms with Crippen LogP contribution >= 0.6 is 12.2 Å². The van der Waals surface area contributed by atoms with Crippen molar-refractivity contribution in [3.05, 3.63) is 59.2 Å². The quantitative estimate of drug-likeness (QED) is 0.881. The molecule has 3 nitrogen and oxygen atoms in total. The summed E-state index contributed by atoms with van der Waals surface area (Å²) in [7, 11) is 0. The predicted octanol–water partition coefficient (Wildman–Crippen LogP) is 3.18. The predicted molar refractivity (Wildman–Crippen MR) is 87.2 cm³/mol. The number of benzene rings is 2. The summed E-state index contributed by atoms with van der Waals surface area (Å²) in [5.41, 5.74) is 8.78. The minimum Gasteiger partial charge on any atom is -0.493 e. The maximum Gasteiger partial charge on any atom is 0.123 e. The van der Waals surface area contributed by atoms with Crippen LogP contribution in [-0.2, 0) is 0 Å². The second-order valence-electron chi connectivity index (χ2n) is 5.20. The van der Waals surface area contributed by atoms with E-state index in [4.69, 9.17) is 27.4 Å². The number of para-hydroxylation sites is 1. The minimum atomic E-state index is 0.258. The normalized spacial score (nSPS) is 16.1. The highest BCUT2D eigenvalue weighted by Crippen LogP contribution is 2.34. The third-order valence-electron chi connectivity index (χ3n) is 3.71. The number of rotatable bonds is 4. The molecule has 1 aliphatic heterocycles. The Bertz CT molecular complexity index is 684. The molecule has 0 amide bonds. The zero-order valence-electron chi connectivity index (χ0n) is 11.8. The Hall–Kier alpha value is -2.07. The molecule has 0 fully saturated rings. The van der Waals surface area contributed by atoms with Gasteiger partial charge in [-0.3, -0.25) is 0 Å². The van der Waals surface area contributed by atoms with Gasteiger partial charge in [0, 0.05) is 11.1 Å². The van der Waals surface area contributed by atoms with Crippen LogP contribution < -0.4 is 15.2 Å². The molecule has 108 valence electrons. The van der Waals surface area contributed by atoms with Crippen molar-refractivity contribution in [2.24, 2.45) is 5.73 Å². The van der Waals surface area contributed by atoms with Crippen molar-refractivity contribution in [3.8, 4) is 11.5 Å². The molecule has 4 heteroatoms. The average Bonchev–Trinajstić information content (AvgIpc) is 2.89. The van der Waals surface area contributed by atoms with Gasteiger partial charge in [-0.05, 0) is 24.6 Å². The molecule has 0 saturated heterocycles. The van der Waals surface area contributed by atoms with E-state index in [1.165, 1.54) is 5.56 Å². The highest BCUT2D eigenvalue weighted by atomic mass is 32.1. The molecule has 0 bridgehead atoms. The first-order valence-electron chi connectivity index (χ1n) is 6.90. The summed E-state index contributed by atoms with van der Waals surface area (Å²) < 4.78 is 11.6. The molecular formula is C17H17NO2S. The van der Waals surface area contributed by atoms with Crippen molar-refractivity contribution < 1.29 is 9.47 Å². The van der Waals surface area contributed by atoms with E-state index in [9.17, 15) is 0 Å². The third kappa shape index (κ3) is 2.85. The summed E-state index contributed by atoms with van der Waals surface area (Å²) in [5, 5.41) is 0. The van der Waals surface area contributed by atoms with E-state index >= 15 is 0 Å². The van der Waals surface area contributed by atoms with Crippen molar-refractivity contribution in [2.45, 2.75) is 12.8 Å². The molecule has 1 aliphatic rings. The van der Waals surface area contributed by atoms with Gasteiger partial charge in [0.1, 0.15) is 16.5 Å². The van der Waals surface area contributed by atoms with Gasteiger partial charge in [0.05, 0.1) is 19.1 Å². The van der Waals surface area contributed by atoms with Crippen LogP contribution in [0.25, 0.3) is 0 Å². The largest absolute Gasteiger partial charge is 0.493 e.